The summed E-state index contributed by atoms with van der Waals surface area (Å²) < 4.78 is 10.7. The molecule has 25 heavy (non-hydrogen) atoms. The van der Waals surface area contributed by atoms with Gasteiger partial charge in [0, 0.05) is 13.1 Å². The quantitative estimate of drug-likeness (QED) is 0.723. The number of carbonyl (C=O) groups excluding carboxylic acids is 1. The van der Waals surface area contributed by atoms with Crippen molar-refractivity contribution in [1.82, 2.24) is 10.6 Å². The van der Waals surface area contributed by atoms with Gasteiger partial charge in [-0.15, -0.1) is 0 Å². The van der Waals surface area contributed by atoms with E-state index in [-0.39, 0.29) is 12.5 Å². The van der Waals surface area contributed by atoms with Gasteiger partial charge >= 0.3 is 0 Å². The highest BCUT2D eigenvalue weighted by Gasteiger charge is 2.44. The summed E-state index contributed by atoms with van der Waals surface area (Å²) in [6.07, 6.45) is 4.33. The van der Waals surface area contributed by atoms with E-state index >= 15 is 0 Å². The molecular formula is C19H28N2O4. The zero-order valence-corrected chi connectivity index (χ0v) is 15.1. The lowest BCUT2D eigenvalue weighted by molar-refractivity contribution is -0.127. The van der Waals surface area contributed by atoms with Gasteiger partial charge in [0.25, 0.3) is 0 Å². The van der Waals surface area contributed by atoms with Crippen LogP contribution in [-0.4, -0.2) is 50.5 Å². The number of rotatable bonds is 6. The maximum Gasteiger partial charge on any atom is 0.230 e. The van der Waals surface area contributed by atoms with Crippen LogP contribution in [0.5, 0.6) is 11.5 Å². The molecule has 0 aromatic heterocycles. The van der Waals surface area contributed by atoms with Crippen molar-refractivity contribution in [2.75, 3.05) is 33.9 Å². The van der Waals surface area contributed by atoms with Crippen molar-refractivity contribution >= 4 is 5.91 Å². The van der Waals surface area contributed by atoms with Gasteiger partial charge in [0.15, 0.2) is 11.5 Å². The van der Waals surface area contributed by atoms with E-state index in [4.69, 9.17) is 9.47 Å². The molecule has 6 heteroatoms. The van der Waals surface area contributed by atoms with Crippen LogP contribution in [0, 0.1) is 0 Å². The van der Waals surface area contributed by atoms with Crippen LogP contribution >= 0.6 is 0 Å². The molecule has 2 fully saturated rings. The fraction of sp³-hybridized carbons (Fsp3) is 0.632. The van der Waals surface area contributed by atoms with Gasteiger partial charge in [0.2, 0.25) is 5.91 Å². The summed E-state index contributed by atoms with van der Waals surface area (Å²) in [5, 5.41) is 16.6. The number of aliphatic hydroxyl groups is 1. The van der Waals surface area contributed by atoms with Crippen molar-refractivity contribution in [3.05, 3.63) is 23.8 Å². The first-order valence-corrected chi connectivity index (χ1v) is 8.97. The molecule has 1 aromatic rings. The second kappa shape index (κ2) is 7.22. The molecule has 0 spiro atoms. The van der Waals surface area contributed by atoms with E-state index in [1.54, 1.807) is 14.2 Å². The number of nitrogens with one attached hydrogen (secondary N) is 2. The van der Waals surface area contributed by atoms with E-state index in [9.17, 15) is 9.90 Å². The maximum atomic E-state index is 13.1. The minimum atomic E-state index is -0.840. The number of methoxy groups -OCH3 is 2. The topological polar surface area (TPSA) is 79.8 Å². The Balaban J connectivity index is 1.82. The summed E-state index contributed by atoms with van der Waals surface area (Å²) in [4.78, 5) is 13.1. The van der Waals surface area contributed by atoms with E-state index in [1.807, 2.05) is 18.2 Å². The smallest absolute Gasteiger partial charge is 0.230 e. The third-order valence-corrected chi connectivity index (χ3v) is 5.63. The molecule has 1 saturated carbocycles. The summed E-state index contributed by atoms with van der Waals surface area (Å²) in [5.41, 5.74) is -0.439. The number of ether oxygens (including phenoxy) is 2. The molecule has 3 rings (SSSR count). The highest BCUT2D eigenvalue weighted by molar-refractivity contribution is 5.89. The molecule has 1 atom stereocenters. The lowest BCUT2D eigenvalue weighted by Gasteiger charge is -2.31. The van der Waals surface area contributed by atoms with Gasteiger partial charge < -0.3 is 25.2 Å². The molecule has 1 aromatic carbocycles. The van der Waals surface area contributed by atoms with Gasteiger partial charge in [-0.25, -0.2) is 0 Å². The Kier molecular flexibility index (Phi) is 5.20. The Morgan fingerprint density at radius 2 is 1.92 bits per heavy atom. The second-order valence-electron chi connectivity index (χ2n) is 7.19. The van der Waals surface area contributed by atoms with E-state index < -0.39 is 11.0 Å². The van der Waals surface area contributed by atoms with E-state index in [0.717, 1.165) is 37.8 Å². The largest absolute Gasteiger partial charge is 0.493 e. The van der Waals surface area contributed by atoms with Crippen molar-refractivity contribution in [3.8, 4) is 11.5 Å². The molecule has 1 saturated heterocycles. The number of hydrogen-bond acceptors (Lipinski definition) is 5. The zero-order chi connectivity index (χ0) is 17.9. The molecule has 0 unspecified atom stereocenters. The minimum Gasteiger partial charge on any atom is -0.493 e. The fourth-order valence-electron chi connectivity index (χ4n) is 4.05. The normalized spacial score (nSPS) is 24.9. The minimum absolute atomic E-state index is 0.00227. The summed E-state index contributed by atoms with van der Waals surface area (Å²) in [7, 11) is 3.21. The molecule has 138 valence electrons. The molecule has 6 nitrogen and oxygen atoms in total. The monoisotopic (exact) mass is 348 g/mol. The molecule has 3 N–H and O–H groups in total. The van der Waals surface area contributed by atoms with Crippen molar-refractivity contribution in [2.45, 2.75) is 43.1 Å². The van der Waals surface area contributed by atoms with Crippen LogP contribution in [0.1, 0.15) is 37.7 Å². The van der Waals surface area contributed by atoms with Gasteiger partial charge in [-0.05, 0) is 43.5 Å². The Labute approximate surface area is 148 Å². The predicted octanol–water partition coefficient (Wildman–Crippen LogP) is 1.36. The average molecular weight is 348 g/mol. The third-order valence-electron chi connectivity index (χ3n) is 5.63. The van der Waals surface area contributed by atoms with Crippen LogP contribution in [0.4, 0.5) is 0 Å². The van der Waals surface area contributed by atoms with Gasteiger partial charge in [-0.2, -0.15) is 0 Å². The van der Waals surface area contributed by atoms with Crippen molar-refractivity contribution in [3.63, 3.8) is 0 Å². The fourth-order valence-corrected chi connectivity index (χ4v) is 4.05. The lowest BCUT2D eigenvalue weighted by Crippen LogP contribution is -2.50. The average Bonchev–Trinajstić information content (AvgIpc) is 3.29. The Bertz CT molecular complexity index is 620. The molecule has 1 aliphatic carbocycles. The van der Waals surface area contributed by atoms with Gasteiger partial charge in [-0.1, -0.05) is 18.9 Å². The Hall–Kier alpha value is -1.79. The zero-order valence-electron chi connectivity index (χ0n) is 15.1. The molecule has 2 aliphatic rings. The van der Waals surface area contributed by atoms with Crippen LogP contribution in [0.25, 0.3) is 0 Å². The standard InChI is InChI=1S/C19H28N2O4/c1-24-15-6-5-14(11-16(15)25-2)19(7-3-4-8-19)17(22)21-13-18(23)9-10-20-12-18/h5-6,11,20,23H,3-4,7-10,12-13H2,1-2H3,(H,21,22)/t18-/m0/s1. The number of β-amino-alcohol motifs (C(OH)–C–C–N with tert-alkyl or cyclic N) is 1. The van der Waals surface area contributed by atoms with E-state index in [1.165, 1.54) is 0 Å². The van der Waals surface area contributed by atoms with Crippen molar-refractivity contribution in [1.29, 1.82) is 0 Å². The number of benzene rings is 1. The highest BCUT2D eigenvalue weighted by Crippen LogP contribution is 2.44. The van der Waals surface area contributed by atoms with E-state index in [2.05, 4.69) is 10.6 Å². The third kappa shape index (κ3) is 3.46. The van der Waals surface area contributed by atoms with Crippen molar-refractivity contribution < 1.29 is 19.4 Å². The van der Waals surface area contributed by atoms with Crippen LogP contribution in [-0.2, 0) is 10.2 Å². The van der Waals surface area contributed by atoms with Gasteiger partial charge in [-0.3, -0.25) is 4.79 Å². The summed E-state index contributed by atoms with van der Waals surface area (Å²) in [5.74, 6) is 1.29. The predicted molar refractivity (Wildman–Crippen MR) is 95.1 cm³/mol. The summed E-state index contributed by atoms with van der Waals surface area (Å²) in [6.45, 7) is 1.59. The molecule has 1 aliphatic heterocycles. The first-order chi connectivity index (χ1) is 12.0. The Morgan fingerprint density at radius 3 is 2.52 bits per heavy atom. The van der Waals surface area contributed by atoms with Crippen LogP contribution in [0.3, 0.4) is 0 Å². The maximum absolute atomic E-state index is 13.1. The molecule has 0 bridgehead atoms. The number of amides is 1. The molecule has 1 heterocycles. The Morgan fingerprint density at radius 1 is 1.20 bits per heavy atom. The highest BCUT2D eigenvalue weighted by atomic mass is 16.5. The lowest BCUT2D eigenvalue weighted by atomic mass is 9.77. The van der Waals surface area contributed by atoms with Crippen molar-refractivity contribution in [2.24, 2.45) is 0 Å². The summed E-state index contributed by atoms with van der Waals surface area (Å²) in [6, 6.07) is 5.73. The van der Waals surface area contributed by atoms with Crippen LogP contribution in [0.15, 0.2) is 18.2 Å². The van der Waals surface area contributed by atoms with Crippen LogP contribution in [0.2, 0.25) is 0 Å². The van der Waals surface area contributed by atoms with Crippen LogP contribution < -0.4 is 20.1 Å². The SMILES string of the molecule is COc1ccc(C2(C(=O)NC[C@]3(O)CCNC3)CCCC2)cc1OC. The molecule has 0 radical (unpaired) electrons. The molecular weight excluding hydrogens is 320 g/mol. The number of hydrogen-bond donors (Lipinski definition) is 3. The summed E-state index contributed by atoms with van der Waals surface area (Å²) >= 11 is 0. The molecule has 1 amide bonds. The second-order valence-corrected chi connectivity index (χ2v) is 7.19. The first kappa shape index (κ1) is 18.0. The van der Waals surface area contributed by atoms with Gasteiger partial charge in [0.1, 0.15) is 0 Å². The van der Waals surface area contributed by atoms with E-state index in [0.29, 0.717) is 24.5 Å². The van der Waals surface area contributed by atoms with Gasteiger partial charge in [0.05, 0.1) is 25.2 Å². The first-order valence-electron chi connectivity index (χ1n) is 8.97. The number of carbonyl (C=O) groups is 1.